The van der Waals surface area contributed by atoms with Gasteiger partial charge in [-0.3, -0.25) is 0 Å². The molecule has 0 heterocycles. The molecule has 0 amide bonds. The second-order valence-electron chi connectivity index (χ2n) is 5.62. The molecule has 0 spiro atoms. The lowest BCUT2D eigenvalue weighted by Crippen LogP contribution is -2.20. The van der Waals surface area contributed by atoms with E-state index in [9.17, 15) is 4.79 Å². The van der Waals surface area contributed by atoms with Crippen LogP contribution in [0.5, 0.6) is 0 Å². The minimum Gasteiger partial charge on any atom is -0.303 e. The molecule has 4 rings (SSSR count). The average molecular weight is 272 g/mol. The molecule has 2 aromatic rings. The lowest BCUT2D eigenvalue weighted by Gasteiger charge is -2.15. The number of carbonyl (C=O) groups excluding carboxylic acids is 1. The topological polar surface area (TPSA) is 17.1 Å². The second kappa shape index (κ2) is 4.85. The zero-order valence-corrected chi connectivity index (χ0v) is 11.8. The highest BCUT2D eigenvalue weighted by molar-refractivity contribution is 5.57. The minimum absolute atomic E-state index is 0.496. The van der Waals surface area contributed by atoms with E-state index in [4.69, 9.17) is 0 Å². The van der Waals surface area contributed by atoms with E-state index in [0.717, 1.165) is 24.7 Å². The van der Waals surface area contributed by atoms with E-state index < -0.39 is 0 Å². The summed E-state index contributed by atoms with van der Waals surface area (Å²) in [5, 5.41) is 5.19. The summed E-state index contributed by atoms with van der Waals surface area (Å²) in [6, 6.07) is 10.8. The fourth-order valence-corrected chi connectivity index (χ4v) is 3.51. The van der Waals surface area contributed by atoms with E-state index in [-0.39, 0.29) is 0 Å². The maximum atomic E-state index is 10.9. The largest absolute Gasteiger partial charge is 0.303 e. The van der Waals surface area contributed by atoms with Gasteiger partial charge in [-0.25, -0.2) is 0 Å². The summed E-state index contributed by atoms with van der Waals surface area (Å²) >= 11 is 0. The van der Waals surface area contributed by atoms with Crippen LogP contribution in [0.15, 0.2) is 42.5 Å². The van der Waals surface area contributed by atoms with Gasteiger partial charge in [-0.05, 0) is 50.4 Å². The van der Waals surface area contributed by atoms with Crippen molar-refractivity contribution < 1.29 is 4.79 Å². The third-order valence-electron chi connectivity index (χ3n) is 4.50. The molecule has 0 aromatic heterocycles. The van der Waals surface area contributed by atoms with Gasteiger partial charge in [0.25, 0.3) is 0 Å². The van der Waals surface area contributed by atoms with Crippen LogP contribution in [-0.4, -0.2) is 6.29 Å². The van der Waals surface area contributed by atoms with Crippen molar-refractivity contribution in [1.82, 2.24) is 0 Å². The van der Waals surface area contributed by atoms with Gasteiger partial charge >= 0.3 is 0 Å². The maximum Gasteiger partial charge on any atom is 0.124 e. The zero-order chi connectivity index (χ0) is 14.2. The van der Waals surface area contributed by atoms with Gasteiger partial charge in [0.15, 0.2) is 0 Å². The van der Waals surface area contributed by atoms with E-state index in [2.05, 4.69) is 54.6 Å². The minimum atomic E-state index is 0.496. The van der Waals surface area contributed by atoms with Crippen molar-refractivity contribution in [1.29, 1.82) is 0 Å². The standard InChI is InChI=1S/C20H16O/c21-13-12-15-5-3-7-18-17(15)10-11-19-16-6-2-1-4-14(16)8-9-20(18)19/h1-5,7-10,13H,6,11-12H2. The summed E-state index contributed by atoms with van der Waals surface area (Å²) in [5.41, 5.74) is 4.04. The number of rotatable bonds is 2. The van der Waals surface area contributed by atoms with Gasteiger partial charge in [-0.1, -0.05) is 54.6 Å². The third-order valence-corrected chi connectivity index (χ3v) is 4.50. The molecule has 1 nitrogen and oxygen atoms in total. The predicted molar refractivity (Wildman–Crippen MR) is 85.1 cm³/mol. The molecule has 102 valence electrons. The smallest absolute Gasteiger partial charge is 0.124 e. The Balaban J connectivity index is 2.15. The van der Waals surface area contributed by atoms with Crippen molar-refractivity contribution in [2.24, 2.45) is 0 Å². The summed E-state index contributed by atoms with van der Waals surface area (Å²) in [5.74, 6) is 0. The van der Waals surface area contributed by atoms with Gasteiger partial charge < -0.3 is 4.79 Å². The second-order valence-corrected chi connectivity index (χ2v) is 5.62. The molecule has 2 aromatic carbocycles. The highest BCUT2D eigenvalue weighted by atomic mass is 16.1. The Hall–Kier alpha value is -2.41. The first-order chi connectivity index (χ1) is 10.4. The van der Waals surface area contributed by atoms with Crippen molar-refractivity contribution in [2.75, 3.05) is 0 Å². The first kappa shape index (κ1) is 12.3. The number of benzene rings is 2. The van der Waals surface area contributed by atoms with Crippen LogP contribution in [0.2, 0.25) is 0 Å². The van der Waals surface area contributed by atoms with Gasteiger partial charge in [0.2, 0.25) is 0 Å². The molecule has 0 bridgehead atoms. The average Bonchev–Trinajstić information content (AvgIpc) is 2.55. The fourth-order valence-electron chi connectivity index (χ4n) is 3.51. The molecule has 0 unspecified atom stereocenters. The van der Waals surface area contributed by atoms with Crippen LogP contribution in [-0.2, 0) is 24.1 Å². The van der Waals surface area contributed by atoms with Crippen LogP contribution in [0, 0.1) is 10.4 Å². The van der Waals surface area contributed by atoms with Crippen LogP contribution in [0.25, 0.3) is 12.2 Å². The van der Waals surface area contributed by atoms with Gasteiger partial charge in [-0.15, -0.1) is 0 Å². The van der Waals surface area contributed by atoms with Crippen molar-refractivity contribution in [3.63, 3.8) is 0 Å². The Labute approximate surface area is 123 Å². The molecule has 0 atom stereocenters. The SMILES string of the molecule is O=CCc1cccc2c1=CCc1c3c(ccc1=2)=CC=CC3. The molecule has 0 radical (unpaired) electrons. The van der Waals surface area contributed by atoms with Gasteiger partial charge in [0.05, 0.1) is 0 Å². The van der Waals surface area contributed by atoms with E-state index in [1.54, 1.807) is 0 Å². The predicted octanol–water partition coefficient (Wildman–Crippen LogP) is 1.94. The lowest BCUT2D eigenvalue weighted by molar-refractivity contribution is -0.107. The molecule has 0 fully saturated rings. The van der Waals surface area contributed by atoms with Crippen molar-refractivity contribution in [3.8, 4) is 0 Å². The Kier molecular flexibility index (Phi) is 2.85. The number of aldehydes is 1. The Morgan fingerprint density at radius 1 is 1.00 bits per heavy atom. The lowest BCUT2D eigenvalue weighted by atomic mass is 9.90. The van der Waals surface area contributed by atoms with Crippen LogP contribution in [0.4, 0.5) is 0 Å². The summed E-state index contributed by atoms with van der Waals surface area (Å²) in [4.78, 5) is 10.9. The van der Waals surface area contributed by atoms with Gasteiger partial charge in [0, 0.05) is 6.42 Å². The molecule has 1 heteroatoms. The first-order valence-corrected chi connectivity index (χ1v) is 7.42. The number of hydrogen-bond acceptors (Lipinski definition) is 1. The third kappa shape index (κ3) is 1.89. The molecule has 0 saturated heterocycles. The fraction of sp³-hybridized carbons (Fsp3) is 0.150. The molecular formula is C20H16O. The van der Waals surface area contributed by atoms with E-state index >= 15 is 0 Å². The number of carbonyl (C=O) groups is 1. The van der Waals surface area contributed by atoms with Crippen LogP contribution < -0.4 is 10.4 Å². The molecular weight excluding hydrogens is 256 g/mol. The normalized spacial score (nSPS) is 14.3. The van der Waals surface area contributed by atoms with Crippen molar-refractivity contribution in [2.45, 2.75) is 19.3 Å². The van der Waals surface area contributed by atoms with Crippen molar-refractivity contribution >= 4 is 18.4 Å². The Morgan fingerprint density at radius 2 is 1.95 bits per heavy atom. The molecule has 0 N–H and O–H groups in total. The molecule has 2 aliphatic rings. The Morgan fingerprint density at radius 3 is 2.86 bits per heavy atom. The molecule has 2 aliphatic carbocycles. The highest BCUT2D eigenvalue weighted by Crippen LogP contribution is 2.15. The number of fused-ring (bicyclic) bond motifs is 4. The molecule has 0 aliphatic heterocycles. The quantitative estimate of drug-likeness (QED) is 0.764. The summed E-state index contributed by atoms with van der Waals surface area (Å²) in [7, 11) is 0. The Bertz CT molecular complexity index is 978. The van der Waals surface area contributed by atoms with Crippen LogP contribution in [0.1, 0.15) is 16.7 Å². The monoisotopic (exact) mass is 272 g/mol. The summed E-state index contributed by atoms with van der Waals surface area (Å²) < 4.78 is 0. The van der Waals surface area contributed by atoms with Crippen LogP contribution >= 0.6 is 0 Å². The van der Waals surface area contributed by atoms with Crippen LogP contribution in [0.3, 0.4) is 0 Å². The zero-order valence-electron chi connectivity index (χ0n) is 11.8. The van der Waals surface area contributed by atoms with E-state index in [0.29, 0.717) is 6.42 Å². The van der Waals surface area contributed by atoms with E-state index in [1.807, 2.05) is 0 Å². The summed E-state index contributed by atoms with van der Waals surface area (Å²) in [6.07, 6.45) is 12.3. The van der Waals surface area contributed by atoms with Gasteiger partial charge in [-0.2, -0.15) is 0 Å². The number of hydrogen-bond donors (Lipinski definition) is 0. The highest BCUT2D eigenvalue weighted by Gasteiger charge is 2.10. The van der Waals surface area contributed by atoms with E-state index in [1.165, 1.54) is 32.0 Å². The first-order valence-electron chi connectivity index (χ1n) is 7.42. The summed E-state index contributed by atoms with van der Waals surface area (Å²) in [6.45, 7) is 0. The number of allylic oxidation sites excluding steroid dienone is 2. The van der Waals surface area contributed by atoms with Gasteiger partial charge in [0.1, 0.15) is 6.29 Å². The molecule has 0 saturated carbocycles. The molecule has 21 heavy (non-hydrogen) atoms. The van der Waals surface area contributed by atoms with Crippen molar-refractivity contribution in [3.05, 3.63) is 80.0 Å². The maximum absolute atomic E-state index is 10.9.